The van der Waals surface area contributed by atoms with Gasteiger partial charge in [-0.2, -0.15) is 5.10 Å². The predicted molar refractivity (Wildman–Crippen MR) is 66.6 cm³/mol. The number of hydrogen-bond acceptors (Lipinski definition) is 4. The number of halogens is 1. The van der Waals surface area contributed by atoms with Gasteiger partial charge in [-0.15, -0.1) is 0 Å². The maximum absolute atomic E-state index is 11.7. The van der Waals surface area contributed by atoms with Gasteiger partial charge in [0, 0.05) is 26.2 Å². The summed E-state index contributed by atoms with van der Waals surface area (Å²) in [5.74, 6) is 0. The maximum atomic E-state index is 11.7. The number of hydrogen-bond donors (Lipinski definition) is 1. The molecule has 1 aromatic rings. The molecule has 2 heterocycles. The van der Waals surface area contributed by atoms with Gasteiger partial charge in [0.25, 0.3) is 5.56 Å². The zero-order valence-electron chi connectivity index (χ0n) is 9.19. The lowest BCUT2D eigenvalue weighted by molar-refractivity contribution is 0.504. The lowest BCUT2D eigenvalue weighted by Gasteiger charge is -2.32. The first-order valence-electron chi connectivity index (χ1n) is 5.32. The van der Waals surface area contributed by atoms with Gasteiger partial charge in [0.15, 0.2) is 0 Å². The van der Waals surface area contributed by atoms with Gasteiger partial charge in [0.2, 0.25) is 0 Å². The van der Waals surface area contributed by atoms with E-state index in [0.29, 0.717) is 4.47 Å². The average molecular weight is 287 g/mol. The highest BCUT2D eigenvalue weighted by molar-refractivity contribution is 9.10. The van der Waals surface area contributed by atoms with Crippen molar-refractivity contribution < 1.29 is 0 Å². The van der Waals surface area contributed by atoms with Crippen molar-refractivity contribution in [3.63, 3.8) is 0 Å². The van der Waals surface area contributed by atoms with Crippen molar-refractivity contribution in [2.45, 2.75) is 18.9 Å². The fourth-order valence-corrected chi connectivity index (χ4v) is 2.56. The molecule has 0 radical (unpaired) electrons. The second kappa shape index (κ2) is 4.55. The highest BCUT2D eigenvalue weighted by atomic mass is 79.9. The molecule has 0 aromatic carbocycles. The van der Waals surface area contributed by atoms with E-state index in [2.05, 4.69) is 25.9 Å². The SMILES string of the molecule is Cn1ncc(N2CCC[C@@H](N)C2)c(Br)c1=O. The van der Waals surface area contributed by atoms with Crippen molar-refractivity contribution >= 4 is 21.6 Å². The van der Waals surface area contributed by atoms with Crippen molar-refractivity contribution in [2.24, 2.45) is 12.8 Å². The van der Waals surface area contributed by atoms with E-state index < -0.39 is 0 Å². The second-order valence-electron chi connectivity index (χ2n) is 4.12. The summed E-state index contributed by atoms with van der Waals surface area (Å²) in [6, 6.07) is 0.185. The average Bonchev–Trinajstić information content (AvgIpc) is 2.26. The molecule has 5 nitrogen and oxygen atoms in total. The van der Waals surface area contributed by atoms with Gasteiger partial charge in [-0.3, -0.25) is 4.79 Å². The van der Waals surface area contributed by atoms with E-state index in [1.54, 1.807) is 13.2 Å². The molecule has 0 amide bonds. The Morgan fingerprint density at radius 3 is 3.06 bits per heavy atom. The fourth-order valence-electron chi connectivity index (χ4n) is 1.95. The van der Waals surface area contributed by atoms with Crippen LogP contribution in [0.25, 0.3) is 0 Å². The third-order valence-electron chi connectivity index (χ3n) is 2.86. The van der Waals surface area contributed by atoms with E-state index in [-0.39, 0.29) is 11.6 Å². The molecule has 0 saturated carbocycles. The molecule has 16 heavy (non-hydrogen) atoms. The Morgan fingerprint density at radius 1 is 1.62 bits per heavy atom. The van der Waals surface area contributed by atoms with Gasteiger partial charge in [0.05, 0.1) is 11.9 Å². The Balaban J connectivity index is 2.33. The number of nitrogens with zero attached hydrogens (tertiary/aromatic N) is 3. The van der Waals surface area contributed by atoms with Crippen molar-refractivity contribution in [3.05, 3.63) is 21.0 Å². The molecule has 88 valence electrons. The highest BCUT2D eigenvalue weighted by Gasteiger charge is 2.20. The van der Waals surface area contributed by atoms with E-state index >= 15 is 0 Å². The van der Waals surface area contributed by atoms with E-state index in [1.807, 2.05) is 0 Å². The Labute approximate surface area is 102 Å². The van der Waals surface area contributed by atoms with E-state index in [0.717, 1.165) is 31.6 Å². The third-order valence-corrected chi connectivity index (χ3v) is 3.60. The lowest BCUT2D eigenvalue weighted by Crippen LogP contribution is -2.43. The first kappa shape index (κ1) is 11.6. The van der Waals surface area contributed by atoms with Crippen LogP contribution >= 0.6 is 15.9 Å². The smallest absolute Gasteiger partial charge is 0.282 e. The zero-order chi connectivity index (χ0) is 11.7. The van der Waals surface area contributed by atoms with Gasteiger partial charge < -0.3 is 10.6 Å². The van der Waals surface area contributed by atoms with Crippen LogP contribution in [0.3, 0.4) is 0 Å². The van der Waals surface area contributed by atoms with Crippen LogP contribution in [-0.4, -0.2) is 28.9 Å². The highest BCUT2D eigenvalue weighted by Crippen LogP contribution is 2.24. The lowest BCUT2D eigenvalue weighted by atomic mass is 10.1. The summed E-state index contributed by atoms with van der Waals surface area (Å²) in [4.78, 5) is 13.8. The first-order chi connectivity index (χ1) is 7.59. The normalized spacial score (nSPS) is 21.2. The molecule has 1 fully saturated rings. The van der Waals surface area contributed by atoms with Crippen molar-refractivity contribution in [3.8, 4) is 0 Å². The molecule has 2 rings (SSSR count). The molecule has 0 unspecified atom stereocenters. The van der Waals surface area contributed by atoms with Crippen molar-refractivity contribution in [1.82, 2.24) is 9.78 Å². The summed E-state index contributed by atoms with van der Waals surface area (Å²) in [7, 11) is 1.64. The molecular weight excluding hydrogens is 272 g/mol. The number of aryl methyl sites for hydroxylation is 1. The maximum Gasteiger partial charge on any atom is 0.282 e. The molecule has 1 aliphatic heterocycles. The summed E-state index contributed by atoms with van der Waals surface area (Å²) in [5.41, 5.74) is 6.65. The van der Waals surface area contributed by atoms with Crippen molar-refractivity contribution in [2.75, 3.05) is 18.0 Å². The van der Waals surface area contributed by atoms with Gasteiger partial charge in [-0.1, -0.05) is 0 Å². The Hall–Kier alpha value is -0.880. The quantitative estimate of drug-likeness (QED) is 0.815. The zero-order valence-corrected chi connectivity index (χ0v) is 10.8. The molecule has 1 saturated heterocycles. The van der Waals surface area contributed by atoms with Crippen LogP contribution in [0.1, 0.15) is 12.8 Å². The molecule has 2 N–H and O–H groups in total. The monoisotopic (exact) mass is 286 g/mol. The van der Waals surface area contributed by atoms with Crippen LogP contribution in [0.5, 0.6) is 0 Å². The molecule has 6 heteroatoms. The van der Waals surface area contributed by atoms with Crippen LogP contribution in [0.4, 0.5) is 5.69 Å². The van der Waals surface area contributed by atoms with Crippen LogP contribution in [-0.2, 0) is 7.05 Å². The van der Waals surface area contributed by atoms with Crippen LogP contribution in [0, 0.1) is 0 Å². The third kappa shape index (κ3) is 2.12. The number of nitrogens with two attached hydrogens (primary N) is 1. The predicted octanol–water partition coefficient (Wildman–Crippen LogP) is 0.470. The first-order valence-corrected chi connectivity index (χ1v) is 6.11. The Morgan fingerprint density at radius 2 is 2.38 bits per heavy atom. The number of rotatable bonds is 1. The van der Waals surface area contributed by atoms with E-state index in [1.165, 1.54) is 4.68 Å². The van der Waals surface area contributed by atoms with Crippen LogP contribution in [0.15, 0.2) is 15.5 Å². The molecule has 0 aliphatic carbocycles. The minimum absolute atomic E-state index is 0.114. The number of anilines is 1. The summed E-state index contributed by atoms with van der Waals surface area (Å²) in [5, 5.41) is 4.03. The topological polar surface area (TPSA) is 64.2 Å². The van der Waals surface area contributed by atoms with Gasteiger partial charge >= 0.3 is 0 Å². The fraction of sp³-hybridized carbons (Fsp3) is 0.600. The Kier molecular flexibility index (Phi) is 3.30. The summed E-state index contributed by atoms with van der Waals surface area (Å²) < 4.78 is 1.89. The Bertz CT molecular complexity index is 445. The van der Waals surface area contributed by atoms with Crippen LogP contribution < -0.4 is 16.2 Å². The van der Waals surface area contributed by atoms with Gasteiger partial charge in [-0.05, 0) is 28.8 Å². The summed E-state index contributed by atoms with van der Waals surface area (Å²) in [6.45, 7) is 1.72. The molecule has 0 bridgehead atoms. The van der Waals surface area contributed by atoms with Gasteiger partial charge in [0.1, 0.15) is 4.47 Å². The molecule has 1 atom stereocenters. The van der Waals surface area contributed by atoms with Crippen molar-refractivity contribution in [1.29, 1.82) is 0 Å². The minimum atomic E-state index is -0.114. The summed E-state index contributed by atoms with van der Waals surface area (Å²) in [6.07, 6.45) is 3.82. The molecule has 0 spiro atoms. The largest absolute Gasteiger partial charge is 0.368 e. The van der Waals surface area contributed by atoms with Crippen LogP contribution in [0.2, 0.25) is 0 Å². The standard InChI is InChI=1S/C10H15BrN4O/c1-14-10(16)9(11)8(5-13-14)15-4-2-3-7(12)6-15/h5,7H,2-4,6,12H2,1H3/t7-/m1/s1. The van der Waals surface area contributed by atoms with E-state index in [4.69, 9.17) is 5.73 Å². The molecular formula is C10H15BrN4O. The second-order valence-corrected chi connectivity index (χ2v) is 4.91. The minimum Gasteiger partial charge on any atom is -0.368 e. The van der Waals surface area contributed by atoms with E-state index in [9.17, 15) is 4.79 Å². The summed E-state index contributed by atoms with van der Waals surface area (Å²) >= 11 is 3.33. The van der Waals surface area contributed by atoms with Gasteiger partial charge in [-0.25, -0.2) is 4.68 Å². The number of aromatic nitrogens is 2. The number of piperidine rings is 1. The molecule has 1 aromatic heterocycles. The molecule has 1 aliphatic rings.